The molecule has 0 radical (unpaired) electrons. The predicted molar refractivity (Wildman–Crippen MR) is 86.3 cm³/mol. The number of hydrogen-bond acceptors (Lipinski definition) is 3. The fraction of sp³-hybridized carbons (Fsp3) is 0.312. The second-order valence-corrected chi connectivity index (χ2v) is 7.21. The molecule has 24 heavy (non-hydrogen) atoms. The molecule has 1 aromatic heterocycles. The van der Waals surface area contributed by atoms with Crippen LogP contribution in [0.15, 0.2) is 41.6 Å². The molecule has 0 spiro atoms. The van der Waals surface area contributed by atoms with Crippen LogP contribution in [0.5, 0.6) is 0 Å². The van der Waals surface area contributed by atoms with Gasteiger partial charge in [-0.25, -0.2) is 27.0 Å². The summed E-state index contributed by atoms with van der Waals surface area (Å²) in [6, 6.07) is 4.24. The standard InChI is InChI=1S/C16H17F2N3O2S/c17-16(18)13-9-12(11-5-2-1-3-6-11)10-14(24(19,22)23)15(13)21-8-4-7-20-21/h4-5,7-10,16H,1-3,6H2,(H2,19,22,23). The third-order valence-corrected chi connectivity index (χ3v) is 4.97. The molecule has 1 aliphatic rings. The van der Waals surface area contributed by atoms with Gasteiger partial charge >= 0.3 is 0 Å². The van der Waals surface area contributed by atoms with Gasteiger partial charge in [-0.1, -0.05) is 6.08 Å². The van der Waals surface area contributed by atoms with Crippen molar-refractivity contribution in [1.29, 1.82) is 0 Å². The Bertz CT molecular complexity index is 875. The third-order valence-electron chi connectivity index (χ3n) is 4.04. The summed E-state index contributed by atoms with van der Waals surface area (Å²) >= 11 is 0. The van der Waals surface area contributed by atoms with Crippen LogP contribution in [-0.2, 0) is 10.0 Å². The summed E-state index contributed by atoms with van der Waals surface area (Å²) in [4.78, 5) is -0.342. The zero-order valence-corrected chi connectivity index (χ0v) is 13.6. The summed E-state index contributed by atoms with van der Waals surface area (Å²) in [5.41, 5.74) is 0.759. The van der Waals surface area contributed by atoms with Gasteiger partial charge in [0.2, 0.25) is 10.0 Å². The highest BCUT2D eigenvalue weighted by molar-refractivity contribution is 7.89. The highest BCUT2D eigenvalue weighted by Crippen LogP contribution is 2.36. The van der Waals surface area contributed by atoms with Crippen molar-refractivity contribution in [2.24, 2.45) is 5.14 Å². The van der Waals surface area contributed by atoms with E-state index in [-0.39, 0.29) is 10.6 Å². The Morgan fingerprint density at radius 3 is 2.58 bits per heavy atom. The molecule has 2 aromatic rings. The van der Waals surface area contributed by atoms with E-state index in [0.29, 0.717) is 5.56 Å². The van der Waals surface area contributed by atoms with Gasteiger partial charge in [-0.3, -0.25) is 0 Å². The molecule has 8 heteroatoms. The molecule has 3 rings (SSSR count). The van der Waals surface area contributed by atoms with E-state index in [0.717, 1.165) is 35.9 Å². The first-order chi connectivity index (χ1) is 11.4. The number of nitrogens with two attached hydrogens (primary N) is 1. The normalized spacial score (nSPS) is 15.6. The number of nitrogens with zero attached hydrogens (tertiary/aromatic N) is 2. The van der Waals surface area contributed by atoms with Gasteiger partial charge in [-0.2, -0.15) is 5.10 Å². The first kappa shape index (κ1) is 16.8. The van der Waals surface area contributed by atoms with Crippen LogP contribution in [-0.4, -0.2) is 18.2 Å². The van der Waals surface area contributed by atoms with Crippen LogP contribution < -0.4 is 5.14 Å². The molecular formula is C16H17F2N3O2S. The Kier molecular flexibility index (Phi) is 4.51. The van der Waals surface area contributed by atoms with E-state index >= 15 is 0 Å². The average Bonchev–Trinajstić information content (AvgIpc) is 3.07. The molecule has 2 N–H and O–H groups in total. The van der Waals surface area contributed by atoms with E-state index in [9.17, 15) is 17.2 Å². The quantitative estimate of drug-likeness (QED) is 0.915. The molecule has 0 unspecified atom stereocenters. The SMILES string of the molecule is NS(=O)(=O)c1cc(C2=CCCCC2)cc(C(F)F)c1-n1cccn1. The van der Waals surface area contributed by atoms with E-state index in [2.05, 4.69) is 5.10 Å². The molecule has 1 heterocycles. The van der Waals surface area contributed by atoms with Crippen LogP contribution in [0.4, 0.5) is 8.78 Å². The van der Waals surface area contributed by atoms with Gasteiger partial charge in [-0.05, 0) is 55.0 Å². The number of hydrogen-bond donors (Lipinski definition) is 1. The lowest BCUT2D eigenvalue weighted by Crippen LogP contribution is -2.18. The molecule has 0 fully saturated rings. The highest BCUT2D eigenvalue weighted by Gasteiger charge is 2.26. The summed E-state index contributed by atoms with van der Waals surface area (Å²) in [7, 11) is -4.20. The van der Waals surface area contributed by atoms with Crippen LogP contribution >= 0.6 is 0 Å². The van der Waals surface area contributed by atoms with Gasteiger partial charge < -0.3 is 0 Å². The van der Waals surface area contributed by atoms with Gasteiger partial charge in [0.25, 0.3) is 6.43 Å². The topological polar surface area (TPSA) is 78.0 Å². The Balaban J connectivity index is 2.30. The van der Waals surface area contributed by atoms with Crippen molar-refractivity contribution in [2.45, 2.75) is 37.0 Å². The van der Waals surface area contributed by atoms with Crippen molar-refractivity contribution < 1.29 is 17.2 Å². The van der Waals surface area contributed by atoms with Crippen LogP contribution in [0.2, 0.25) is 0 Å². The maximum atomic E-state index is 13.6. The lowest BCUT2D eigenvalue weighted by atomic mass is 9.92. The van der Waals surface area contributed by atoms with Crippen molar-refractivity contribution in [3.8, 4) is 5.69 Å². The van der Waals surface area contributed by atoms with Crippen LogP contribution in [0.25, 0.3) is 11.3 Å². The van der Waals surface area contributed by atoms with E-state index < -0.39 is 22.0 Å². The van der Waals surface area contributed by atoms with Gasteiger partial charge in [0.1, 0.15) is 4.90 Å². The Labute approximate surface area is 138 Å². The van der Waals surface area contributed by atoms with Crippen molar-refractivity contribution in [2.75, 3.05) is 0 Å². The number of alkyl halides is 2. The third kappa shape index (κ3) is 3.25. The Morgan fingerprint density at radius 2 is 2.04 bits per heavy atom. The summed E-state index contributed by atoms with van der Waals surface area (Å²) < 4.78 is 52.5. The van der Waals surface area contributed by atoms with Gasteiger partial charge in [-0.15, -0.1) is 0 Å². The smallest absolute Gasteiger partial charge is 0.239 e. The summed E-state index contributed by atoms with van der Waals surface area (Å²) in [6.45, 7) is 0. The lowest BCUT2D eigenvalue weighted by Gasteiger charge is -2.19. The van der Waals surface area contributed by atoms with Gasteiger partial charge in [0, 0.05) is 18.0 Å². The first-order valence-electron chi connectivity index (χ1n) is 7.56. The minimum atomic E-state index is -4.20. The molecule has 0 atom stereocenters. The van der Waals surface area contributed by atoms with E-state index in [1.807, 2.05) is 6.08 Å². The fourth-order valence-electron chi connectivity index (χ4n) is 2.94. The zero-order chi connectivity index (χ0) is 17.3. The monoisotopic (exact) mass is 353 g/mol. The number of benzene rings is 1. The van der Waals surface area contributed by atoms with E-state index in [1.54, 1.807) is 0 Å². The second-order valence-electron chi connectivity index (χ2n) is 5.68. The van der Waals surface area contributed by atoms with Crippen molar-refractivity contribution in [3.63, 3.8) is 0 Å². The summed E-state index contributed by atoms with van der Waals surface area (Å²) in [5.74, 6) is 0. The van der Waals surface area contributed by atoms with Gasteiger partial charge in [0.15, 0.2) is 0 Å². The number of halogens is 2. The van der Waals surface area contributed by atoms with Crippen LogP contribution in [0.1, 0.15) is 43.2 Å². The molecule has 0 bridgehead atoms. The minimum absolute atomic E-state index is 0.197. The van der Waals surface area contributed by atoms with Crippen molar-refractivity contribution in [1.82, 2.24) is 9.78 Å². The van der Waals surface area contributed by atoms with Crippen molar-refractivity contribution in [3.05, 3.63) is 47.8 Å². The molecule has 0 amide bonds. The molecule has 0 aliphatic heterocycles. The maximum absolute atomic E-state index is 13.6. The maximum Gasteiger partial charge on any atom is 0.265 e. The van der Waals surface area contributed by atoms with Gasteiger partial charge in [0.05, 0.1) is 5.69 Å². The average molecular weight is 353 g/mol. The Morgan fingerprint density at radius 1 is 1.25 bits per heavy atom. The highest BCUT2D eigenvalue weighted by atomic mass is 32.2. The lowest BCUT2D eigenvalue weighted by molar-refractivity contribution is 0.150. The largest absolute Gasteiger partial charge is 0.265 e. The summed E-state index contributed by atoms with van der Waals surface area (Å²) in [5, 5.41) is 9.19. The number of aromatic nitrogens is 2. The number of sulfonamides is 1. The Hall–Kier alpha value is -2.06. The molecule has 0 saturated carbocycles. The molecule has 1 aromatic carbocycles. The van der Waals surface area contributed by atoms with Crippen LogP contribution in [0.3, 0.4) is 0 Å². The second kappa shape index (κ2) is 6.45. The molecule has 128 valence electrons. The number of rotatable bonds is 4. The predicted octanol–water partition coefficient (Wildman–Crippen LogP) is 3.41. The molecular weight excluding hydrogens is 336 g/mol. The van der Waals surface area contributed by atoms with E-state index in [4.69, 9.17) is 5.14 Å². The number of allylic oxidation sites excluding steroid dienone is 2. The molecule has 5 nitrogen and oxygen atoms in total. The molecule has 0 saturated heterocycles. The minimum Gasteiger partial charge on any atom is -0.239 e. The first-order valence-corrected chi connectivity index (χ1v) is 9.11. The zero-order valence-electron chi connectivity index (χ0n) is 12.8. The summed E-state index contributed by atoms with van der Waals surface area (Å²) in [6.07, 6.45) is 5.48. The van der Waals surface area contributed by atoms with E-state index in [1.165, 1.54) is 30.6 Å². The fourth-order valence-corrected chi connectivity index (χ4v) is 3.72. The number of primary sulfonamides is 1. The molecule has 1 aliphatic carbocycles. The van der Waals surface area contributed by atoms with Crippen LogP contribution in [0, 0.1) is 0 Å². The van der Waals surface area contributed by atoms with Crippen molar-refractivity contribution >= 4 is 15.6 Å².